The summed E-state index contributed by atoms with van der Waals surface area (Å²) in [4.78, 5) is 4.37. The van der Waals surface area contributed by atoms with Crippen LogP contribution in [0.15, 0.2) is 42.6 Å². The number of likely N-dealkylation sites (N-methyl/N-ethyl adjacent to an activating group) is 1. The van der Waals surface area contributed by atoms with Gasteiger partial charge in [0.15, 0.2) is 0 Å². The largest absolute Gasteiger partial charge is 0.496 e. The van der Waals surface area contributed by atoms with Crippen LogP contribution in [-0.4, -0.2) is 25.2 Å². The van der Waals surface area contributed by atoms with Crippen LogP contribution in [0.4, 0.5) is 0 Å². The molecule has 1 aromatic heterocycles. The quantitative estimate of drug-likeness (QED) is 0.887. The summed E-state index contributed by atoms with van der Waals surface area (Å²) in [6, 6.07) is 12.0. The van der Waals surface area contributed by atoms with Crippen LogP contribution in [0.3, 0.4) is 0 Å². The Bertz CT molecular complexity index is 545. The molecule has 0 aliphatic rings. The Morgan fingerprint density at radius 1 is 1.25 bits per heavy atom. The van der Waals surface area contributed by atoms with E-state index in [2.05, 4.69) is 10.3 Å². The molecule has 1 unspecified atom stereocenters. The number of hydrogen-bond acceptors (Lipinski definition) is 3. The van der Waals surface area contributed by atoms with Crippen LogP contribution in [0.2, 0.25) is 5.02 Å². The molecule has 0 fully saturated rings. The molecule has 0 bridgehead atoms. The highest BCUT2D eigenvalue weighted by atomic mass is 35.5. The summed E-state index contributed by atoms with van der Waals surface area (Å²) >= 11 is 6.07. The van der Waals surface area contributed by atoms with Gasteiger partial charge in [0.2, 0.25) is 0 Å². The molecule has 0 amide bonds. The van der Waals surface area contributed by atoms with E-state index in [9.17, 15) is 0 Å². The van der Waals surface area contributed by atoms with Gasteiger partial charge in [0.05, 0.1) is 7.11 Å². The van der Waals surface area contributed by atoms with E-state index in [-0.39, 0.29) is 6.04 Å². The number of ether oxygens (including phenoxy) is 1. The summed E-state index contributed by atoms with van der Waals surface area (Å²) in [5.74, 6) is 0.871. The minimum absolute atomic E-state index is 0.289. The SMILES string of the molecule is CNC(Cc1ccccn1)Cc1cc(Cl)ccc1OC. The van der Waals surface area contributed by atoms with E-state index in [0.717, 1.165) is 34.9 Å². The molecule has 0 aliphatic carbocycles. The third-order valence-electron chi connectivity index (χ3n) is 3.30. The topological polar surface area (TPSA) is 34.2 Å². The monoisotopic (exact) mass is 290 g/mol. The molecule has 0 radical (unpaired) electrons. The maximum atomic E-state index is 6.07. The molecule has 2 rings (SSSR count). The molecule has 1 heterocycles. The fourth-order valence-electron chi connectivity index (χ4n) is 2.22. The van der Waals surface area contributed by atoms with E-state index in [1.165, 1.54) is 0 Å². The second-order valence-corrected chi connectivity index (χ2v) is 5.11. The minimum atomic E-state index is 0.289. The number of nitrogens with zero attached hydrogens (tertiary/aromatic N) is 1. The number of hydrogen-bond donors (Lipinski definition) is 1. The number of halogens is 1. The normalized spacial score (nSPS) is 12.2. The van der Waals surface area contributed by atoms with Gasteiger partial charge in [-0.1, -0.05) is 17.7 Å². The van der Waals surface area contributed by atoms with E-state index in [1.807, 2.05) is 49.6 Å². The van der Waals surface area contributed by atoms with Crippen molar-refractivity contribution in [3.05, 3.63) is 58.9 Å². The van der Waals surface area contributed by atoms with Gasteiger partial charge in [-0.05, 0) is 49.4 Å². The molecule has 1 N–H and O–H groups in total. The van der Waals surface area contributed by atoms with Crippen molar-refractivity contribution in [2.24, 2.45) is 0 Å². The number of nitrogens with one attached hydrogen (secondary N) is 1. The van der Waals surface area contributed by atoms with Gasteiger partial charge in [-0.25, -0.2) is 0 Å². The first-order valence-corrected chi connectivity index (χ1v) is 7.00. The number of benzene rings is 1. The minimum Gasteiger partial charge on any atom is -0.496 e. The van der Waals surface area contributed by atoms with Gasteiger partial charge in [-0.2, -0.15) is 0 Å². The Hall–Kier alpha value is -1.58. The molecular weight excluding hydrogens is 272 g/mol. The first-order chi connectivity index (χ1) is 9.72. The zero-order chi connectivity index (χ0) is 14.4. The molecule has 106 valence electrons. The van der Waals surface area contributed by atoms with Gasteiger partial charge in [0.1, 0.15) is 5.75 Å². The van der Waals surface area contributed by atoms with Crippen molar-refractivity contribution in [1.29, 1.82) is 0 Å². The van der Waals surface area contributed by atoms with Crippen LogP contribution in [0.1, 0.15) is 11.3 Å². The van der Waals surface area contributed by atoms with Crippen LogP contribution >= 0.6 is 11.6 Å². The Balaban J connectivity index is 2.12. The molecule has 0 saturated carbocycles. The second kappa shape index (κ2) is 7.27. The van der Waals surface area contributed by atoms with Crippen molar-refractivity contribution in [3.8, 4) is 5.75 Å². The Morgan fingerprint density at radius 3 is 2.75 bits per heavy atom. The van der Waals surface area contributed by atoms with E-state index in [4.69, 9.17) is 16.3 Å². The fourth-order valence-corrected chi connectivity index (χ4v) is 2.41. The number of pyridine rings is 1. The molecule has 1 aromatic carbocycles. The van der Waals surface area contributed by atoms with Crippen molar-refractivity contribution in [1.82, 2.24) is 10.3 Å². The van der Waals surface area contributed by atoms with E-state index >= 15 is 0 Å². The highest BCUT2D eigenvalue weighted by Gasteiger charge is 2.13. The number of aromatic nitrogens is 1. The van der Waals surface area contributed by atoms with Crippen LogP contribution in [0.5, 0.6) is 5.75 Å². The lowest BCUT2D eigenvalue weighted by molar-refractivity contribution is 0.405. The van der Waals surface area contributed by atoms with E-state index in [0.29, 0.717) is 0 Å². The molecule has 0 spiro atoms. The average molecular weight is 291 g/mol. The zero-order valence-electron chi connectivity index (χ0n) is 11.8. The maximum Gasteiger partial charge on any atom is 0.122 e. The van der Waals surface area contributed by atoms with Gasteiger partial charge < -0.3 is 10.1 Å². The standard InChI is InChI=1S/C16H19ClN2O/c1-18-15(11-14-5-3-4-8-19-14)10-12-9-13(17)6-7-16(12)20-2/h3-9,15,18H,10-11H2,1-2H3. The summed E-state index contributed by atoms with van der Waals surface area (Å²) in [5.41, 5.74) is 2.18. The van der Waals surface area contributed by atoms with Crippen molar-refractivity contribution in [2.75, 3.05) is 14.2 Å². The number of methoxy groups -OCH3 is 1. The van der Waals surface area contributed by atoms with E-state index in [1.54, 1.807) is 7.11 Å². The number of rotatable bonds is 6. The molecule has 0 saturated heterocycles. The Morgan fingerprint density at radius 2 is 2.10 bits per heavy atom. The third kappa shape index (κ3) is 3.95. The lowest BCUT2D eigenvalue weighted by Crippen LogP contribution is -2.30. The first-order valence-electron chi connectivity index (χ1n) is 6.62. The lowest BCUT2D eigenvalue weighted by atomic mass is 10.0. The van der Waals surface area contributed by atoms with Gasteiger partial charge in [-0.15, -0.1) is 0 Å². The van der Waals surface area contributed by atoms with Crippen LogP contribution < -0.4 is 10.1 Å². The zero-order valence-corrected chi connectivity index (χ0v) is 12.5. The van der Waals surface area contributed by atoms with Gasteiger partial charge in [0.25, 0.3) is 0 Å². The van der Waals surface area contributed by atoms with Crippen molar-refractivity contribution in [2.45, 2.75) is 18.9 Å². The maximum absolute atomic E-state index is 6.07. The van der Waals surface area contributed by atoms with Crippen LogP contribution in [0, 0.1) is 0 Å². The van der Waals surface area contributed by atoms with Crippen molar-refractivity contribution < 1.29 is 4.74 Å². The van der Waals surface area contributed by atoms with Crippen LogP contribution in [-0.2, 0) is 12.8 Å². The lowest BCUT2D eigenvalue weighted by Gasteiger charge is -2.18. The highest BCUT2D eigenvalue weighted by molar-refractivity contribution is 6.30. The van der Waals surface area contributed by atoms with Crippen LogP contribution in [0.25, 0.3) is 0 Å². The fraction of sp³-hybridized carbons (Fsp3) is 0.312. The molecule has 0 aliphatic heterocycles. The first kappa shape index (κ1) is 14.8. The van der Waals surface area contributed by atoms with Crippen molar-refractivity contribution in [3.63, 3.8) is 0 Å². The summed E-state index contributed by atoms with van der Waals surface area (Å²) < 4.78 is 5.39. The summed E-state index contributed by atoms with van der Waals surface area (Å²) in [7, 11) is 3.64. The molecular formula is C16H19ClN2O. The summed E-state index contributed by atoms with van der Waals surface area (Å²) in [6.45, 7) is 0. The Labute approximate surface area is 124 Å². The van der Waals surface area contributed by atoms with E-state index < -0.39 is 0 Å². The molecule has 4 heteroatoms. The summed E-state index contributed by atoms with van der Waals surface area (Å²) in [6.07, 6.45) is 3.53. The smallest absolute Gasteiger partial charge is 0.122 e. The Kier molecular flexibility index (Phi) is 5.39. The predicted octanol–water partition coefficient (Wildman–Crippen LogP) is 3.12. The molecule has 2 aromatic rings. The van der Waals surface area contributed by atoms with Crippen molar-refractivity contribution >= 4 is 11.6 Å². The molecule has 1 atom stereocenters. The third-order valence-corrected chi connectivity index (χ3v) is 3.53. The van der Waals surface area contributed by atoms with Gasteiger partial charge in [0, 0.05) is 29.4 Å². The average Bonchev–Trinajstić information content (AvgIpc) is 2.48. The predicted molar refractivity (Wildman–Crippen MR) is 82.5 cm³/mol. The van der Waals surface area contributed by atoms with Gasteiger partial charge in [-0.3, -0.25) is 4.98 Å². The summed E-state index contributed by atoms with van der Waals surface area (Å²) in [5, 5.41) is 4.06. The van der Waals surface area contributed by atoms with Gasteiger partial charge >= 0.3 is 0 Å². The second-order valence-electron chi connectivity index (χ2n) is 4.67. The molecule has 20 heavy (non-hydrogen) atoms. The highest BCUT2D eigenvalue weighted by Crippen LogP contribution is 2.24. The molecule has 3 nitrogen and oxygen atoms in total.